The van der Waals surface area contributed by atoms with Gasteiger partial charge in [0, 0.05) is 44.6 Å². The molecule has 2 heterocycles. The van der Waals surface area contributed by atoms with Crippen LogP contribution in [0.2, 0.25) is 0 Å². The molecule has 124 valence electrons. The summed E-state index contributed by atoms with van der Waals surface area (Å²) in [7, 11) is 1.90. The van der Waals surface area contributed by atoms with Crippen molar-refractivity contribution in [2.75, 3.05) is 46.2 Å². The monoisotopic (exact) mass is 427 g/mol. The van der Waals surface area contributed by atoms with Gasteiger partial charge in [0.25, 0.3) is 0 Å². The molecule has 0 amide bonds. The molecule has 21 heavy (non-hydrogen) atoms. The Bertz CT molecular complexity index is 335. The molecule has 6 heteroatoms. The third kappa shape index (κ3) is 5.46. The highest BCUT2D eigenvalue weighted by Crippen LogP contribution is 2.33. The van der Waals surface area contributed by atoms with Crippen LogP contribution in [0.5, 0.6) is 0 Å². The normalized spacial score (nSPS) is 26.1. The van der Waals surface area contributed by atoms with Crippen molar-refractivity contribution < 1.29 is 4.74 Å². The van der Waals surface area contributed by atoms with Gasteiger partial charge in [0.15, 0.2) is 5.96 Å². The zero-order valence-electron chi connectivity index (χ0n) is 13.6. The summed E-state index contributed by atoms with van der Waals surface area (Å²) in [6.45, 7) is 7.38. The van der Waals surface area contributed by atoms with E-state index in [9.17, 15) is 0 Å². The van der Waals surface area contributed by atoms with Gasteiger partial charge in [-0.25, -0.2) is 0 Å². The lowest BCUT2D eigenvalue weighted by molar-refractivity contribution is 0.0780. The first-order valence-electron chi connectivity index (χ1n) is 7.77. The summed E-state index contributed by atoms with van der Waals surface area (Å²) in [5.74, 6) is 1.86. The van der Waals surface area contributed by atoms with Crippen molar-refractivity contribution in [1.29, 1.82) is 0 Å². The van der Waals surface area contributed by atoms with Gasteiger partial charge in [-0.2, -0.15) is 11.8 Å². The van der Waals surface area contributed by atoms with Crippen molar-refractivity contribution in [2.24, 2.45) is 10.9 Å². The van der Waals surface area contributed by atoms with Crippen LogP contribution < -0.4 is 5.32 Å². The van der Waals surface area contributed by atoms with Gasteiger partial charge in [-0.1, -0.05) is 6.92 Å². The number of piperidine rings is 1. The third-order valence-corrected chi connectivity index (χ3v) is 5.99. The van der Waals surface area contributed by atoms with Crippen molar-refractivity contribution in [3.8, 4) is 0 Å². The van der Waals surface area contributed by atoms with E-state index in [-0.39, 0.29) is 24.0 Å². The molecule has 0 spiro atoms. The van der Waals surface area contributed by atoms with Gasteiger partial charge < -0.3 is 15.0 Å². The Morgan fingerprint density at radius 1 is 1.43 bits per heavy atom. The van der Waals surface area contributed by atoms with E-state index < -0.39 is 0 Å². The molecule has 1 N–H and O–H groups in total. The van der Waals surface area contributed by atoms with Crippen molar-refractivity contribution in [3.63, 3.8) is 0 Å². The van der Waals surface area contributed by atoms with Crippen molar-refractivity contribution >= 4 is 41.7 Å². The maximum atomic E-state index is 5.51. The minimum absolute atomic E-state index is 0. The molecule has 2 rings (SSSR count). The third-order valence-electron chi connectivity index (χ3n) is 4.57. The Morgan fingerprint density at radius 3 is 2.71 bits per heavy atom. The largest absolute Gasteiger partial charge is 0.381 e. The fourth-order valence-electron chi connectivity index (χ4n) is 3.15. The molecule has 2 saturated heterocycles. The zero-order valence-corrected chi connectivity index (χ0v) is 16.7. The van der Waals surface area contributed by atoms with Gasteiger partial charge in [-0.15, -0.1) is 24.0 Å². The van der Waals surface area contributed by atoms with Crippen LogP contribution in [0.25, 0.3) is 0 Å². The van der Waals surface area contributed by atoms with E-state index in [1.165, 1.54) is 12.8 Å². The second-order valence-electron chi connectivity index (χ2n) is 6.09. The van der Waals surface area contributed by atoms with Gasteiger partial charge in [0.2, 0.25) is 0 Å². The highest BCUT2D eigenvalue weighted by molar-refractivity contribution is 14.0. The first-order valence-corrected chi connectivity index (χ1v) is 9.00. The molecule has 0 radical (unpaired) electrons. The molecule has 2 aliphatic rings. The average Bonchev–Trinajstić information content (AvgIpc) is 2.49. The molecule has 0 bridgehead atoms. The maximum absolute atomic E-state index is 5.51. The Balaban J connectivity index is 0.00000220. The first-order chi connectivity index (χ1) is 9.69. The minimum Gasteiger partial charge on any atom is -0.381 e. The molecule has 0 aromatic carbocycles. The number of hydrogen-bond donors (Lipinski definition) is 1. The second kappa shape index (κ2) is 9.45. The number of nitrogens with one attached hydrogen (secondary N) is 1. The van der Waals surface area contributed by atoms with E-state index in [4.69, 9.17) is 4.74 Å². The minimum atomic E-state index is 0. The van der Waals surface area contributed by atoms with Crippen LogP contribution in [-0.4, -0.2) is 61.8 Å². The molecule has 1 unspecified atom stereocenters. The Morgan fingerprint density at radius 2 is 2.14 bits per heavy atom. The number of hydrogen-bond acceptors (Lipinski definition) is 3. The lowest BCUT2D eigenvalue weighted by Gasteiger charge is -2.38. The van der Waals surface area contributed by atoms with Crippen LogP contribution in [0.4, 0.5) is 0 Å². The predicted molar refractivity (Wildman–Crippen MR) is 103 cm³/mol. The standard InChI is InChI=1S/C15H29N3OS.HI/c1-13-5-4-8-18(11-13)14(16-2)17-12-15(20-3)6-9-19-10-7-15;/h13H,4-12H2,1-3H3,(H,16,17);1H. The molecule has 1 atom stereocenters. The van der Waals surface area contributed by atoms with Crippen molar-refractivity contribution in [3.05, 3.63) is 0 Å². The highest BCUT2D eigenvalue weighted by atomic mass is 127. The molecular formula is C15H30IN3OS. The molecule has 0 aliphatic carbocycles. The summed E-state index contributed by atoms with van der Waals surface area (Å²) in [6, 6.07) is 0. The maximum Gasteiger partial charge on any atom is 0.193 e. The SMILES string of the molecule is CN=C(NCC1(SC)CCOCC1)N1CCCC(C)C1.I. The van der Waals surface area contributed by atoms with Crippen molar-refractivity contribution in [2.45, 2.75) is 37.4 Å². The van der Waals surface area contributed by atoms with Gasteiger partial charge in [0.1, 0.15) is 0 Å². The van der Waals surface area contributed by atoms with Gasteiger partial charge in [0.05, 0.1) is 0 Å². The van der Waals surface area contributed by atoms with E-state index in [2.05, 4.69) is 28.4 Å². The molecule has 0 aromatic heterocycles. The fourth-order valence-corrected chi connectivity index (χ4v) is 3.94. The smallest absolute Gasteiger partial charge is 0.193 e. The lowest BCUT2D eigenvalue weighted by atomic mass is 9.98. The molecule has 0 saturated carbocycles. The summed E-state index contributed by atoms with van der Waals surface area (Å²) in [6.07, 6.45) is 7.12. The number of ether oxygens (including phenoxy) is 1. The molecular weight excluding hydrogens is 397 g/mol. The Labute approximate surface area is 150 Å². The number of nitrogens with zero attached hydrogens (tertiary/aromatic N) is 2. The Kier molecular flexibility index (Phi) is 8.71. The zero-order chi connectivity index (χ0) is 14.4. The number of likely N-dealkylation sites (tertiary alicyclic amines) is 1. The summed E-state index contributed by atoms with van der Waals surface area (Å²) < 4.78 is 5.82. The number of thioether (sulfide) groups is 1. The van der Waals surface area contributed by atoms with Gasteiger partial charge >= 0.3 is 0 Å². The summed E-state index contributed by atoms with van der Waals surface area (Å²) in [4.78, 5) is 6.91. The second-order valence-corrected chi connectivity index (χ2v) is 7.37. The topological polar surface area (TPSA) is 36.9 Å². The van der Waals surface area contributed by atoms with Crippen LogP contribution in [-0.2, 0) is 4.74 Å². The van der Waals surface area contributed by atoms with Gasteiger partial charge in [-0.3, -0.25) is 4.99 Å². The summed E-state index contributed by atoms with van der Waals surface area (Å²) >= 11 is 1.98. The lowest BCUT2D eigenvalue weighted by Crippen LogP contribution is -2.51. The van der Waals surface area contributed by atoms with Crippen LogP contribution in [0.1, 0.15) is 32.6 Å². The van der Waals surface area contributed by atoms with Crippen LogP contribution >= 0.6 is 35.7 Å². The summed E-state index contributed by atoms with van der Waals surface area (Å²) in [5, 5.41) is 3.62. The number of guanidine groups is 1. The average molecular weight is 427 g/mol. The fraction of sp³-hybridized carbons (Fsp3) is 0.933. The van der Waals surface area contributed by atoms with Crippen molar-refractivity contribution in [1.82, 2.24) is 10.2 Å². The number of rotatable bonds is 3. The van der Waals surface area contributed by atoms with E-state index in [1.54, 1.807) is 0 Å². The van der Waals surface area contributed by atoms with Gasteiger partial charge in [-0.05, 0) is 37.9 Å². The van der Waals surface area contributed by atoms with Crippen LogP contribution in [0, 0.1) is 5.92 Å². The van der Waals surface area contributed by atoms with E-state index in [0.29, 0.717) is 4.75 Å². The quantitative estimate of drug-likeness (QED) is 0.427. The molecule has 4 nitrogen and oxygen atoms in total. The number of aliphatic imine (C=N–C) groups is 1. The molecule has 0 aromatic rings. The van der Waals surface area contributed by atoms with E-state index >= 15 is 0 Å². The Hall–Kier alpha value is 0.310. The first kappa shape index (κ1) is 19.4. The van der Waals surface area contributed by atoms with E-state index in [0.717, 1.165) is 57.6 Å². The molecule has 2 aliphatic heterocycles. The number of halogens is 1. The highest BCUT2D eigenvalue weighted by Gasteiger charge is 2.32. The van der Waals surface area contributed by atoms with E-state index in [1.807, 2.05) is 18.8 Å². The van der Waals surface area contributed by atoms with Crippen LogP contribution in [0.3, 0.4) is 0 Å². The predicted octanol–water partition coefficient (Wildman–Crippen LogP) is 2.82. The molecule has 2 fully saturated rings. The summed E-state index contributed by atoms with van der Waals surface area (Å²) in [5.41, 5.74) is 0. The van der Waals surface area contributed by atoms with Crippen LogP contribution in [0.15, 0.2) is 4.99 Å².